The lowest BCUT2D eigenvalue weighted by atomic mass is 9.95. The molecular formula is C22H26BN5O2. The molecule has 7 nitrogen and oxygen atoms in total. The first kappa shape index (κ1) is 19.1. The monoisotopic (exact) mass is 403 g/mol. The van der Waals surface area contributed by atoms with Crippen LogP contribution in [0.2, 0.25) is 0 Å². The van der Waals surface area contributed by atoms with Gasteiger partial charge in [0.25, 0.3) is 11.8 Å². The van der Waals surface area contributed by atoms with Crippen LogP contribution in [0.25, 0.3) is 11.6 Å². The average molecular weight is 403 g/mol. The lowest BCUT2D eigenvalue weighted by molar-refractivity contribution is -0.110. The van der Waals surface area contributed by atoms with Gasteiger partial charge in [-0.3, -0.25) is 9.59 Å². The predicted molar refractivity (Wildman–Crippen MR) is 120 cm³/mol. The zero-order valence-corrected chi connectivity index (χ0v) is 17.5. The third kappa shape index (κ3) is 3.25. The van der Waals surface area contributed by atoms with Gasteiger partial charge in [0.1, 0.15) is 13.7 Å². The largest absolute Gasteiger partial charge is 0.358 e. The van der Waals surface area contributed by atoms with Crippen molar-refractivity contribution in [2.24, 2.45) is 0 Å². The highest BCUT2D eigenvalue weighted by molar-refractivity contribution is 6.37. The van der Waals surface area contributed by atoms with Crippen LogP contribution in [0.15, 0.2) is 12.3 Å². The van der Waals surface area contributed by atoms with Crippen molar-refractivity contribution in [2.75, 3.05) is 38.0 Å². The molecule has 2 N–H and O–H groups in total. The number of pyridine rings is 1. The number of nitrogens with one attached hydrogen (secondary N) is 2. The Bertz CT molecular complexity index is 1070. The quantitative estimate of drug-likeness (QED) is 0.578. The second-order valence-electron chi connectivity index (χ2n) is 8.53. The van der Waals surface area contributed by atoms with Crippen LogP contribution in [0.1, 0.15) is 45.7 Å². The maximum absolute atomic E-state index is 13.2. The Balaban J connectivity index is 1.42. The molecule has 2 aromatic heterocycles. The van der Waals surface area contributed by atoms with Crippen LogP contribution in [-0.4, -0.2) is 72.2 Å². The second-order valence-corrected chi connectivity index (χ2v) is 8.53. The van der Waals surface area contributed by atoms with Gasteiger partial charge in [0.2, 0.25) is 0 Å². The Labute approximate surface area is 176 Å². The molecule has 1 saturated heterocycles. The fourth-order valence-electron chi connectivity index (χ4n) is 4.75. The van der Waals surface area contributed by atoms with Crippen molar-refractivity contribution >= 4 is 42.6 Å². The molecule has 0 unspecified atom stereocenters. The summed E-state index contributed by atoms with van der Waals surface area (Å²) < 4.78 is 0. The lowest BCUT2D eigenvalue weighted by Gasteiger charge is -2.29. The summed E-state index contributed by atoms with van der Waals surface area (Å²) in [5.74, 6) is 0.534. The summed E-state index contributed by atoms with van der Waals surface area (Å²) in [5, 5.41) is 2.82. The first-order valence-corrected chi connectivity index (χ1v) is 10.7. The number of carbonyl (C=O) groups is 2. The molecule has 5 heterocycles. The summed E-state index contributed by atoms with van der Waals surface area (Å²) in [7, 11) is 1.96. The number of hydrogen-bond donors (Lipinski definition) is 2. The third-order valence-corrected chi connectivity index (χ3v) is 6.46. The molecule has 30 heavy (non-hydrogen) atoms. The topological polar surface area (TPSA) is 81.3 Å². The summed E-state index contributed by atoms with van der Waals surface area (Å²) in [6, 6.07) is 1.97. The Kier molecular flexibility index (Phi) is 4.74. The molecule has 1 fully saturated rings. The number of rotatable bonds is 4. The van der Waals surface area contributed by atoms with E-state index in [0.717, 1.165) is 72.7 Å². The molecule has 0 atom stereocenters. The van der Waals surface area contributed by atoms with E-state index < -0.39 is 0 Å². The van der Waals surface area contributed by atoms with Gasteiger partial charge in [0.05, 0.1) is 11.1 Å². The fraction of sp³-hybridized carbons (Fsp3) is 0.409. The Morgan fingerprint density at radius 3 is 2.80 bits per heavy atom. The summed E-state index contributed by atoms with van der Waals surface area (Å²) in [5.41, 5.74) is 5.89. The smallest absolute Gasteiger partial charge is 0.257 e. The number of hydrogen-bond acceptors (Lipinski definition) is 4. The van der Waals surface area contributed by atoms with Gasteiger partial charge >= 0.3 is 0 Å². The Morgan fingerprint density at radius 1 is 1.20 bits per heavy atom. The molecule has 0 saturated carbocycles. The average Bonchev–Trinajstić information content (AvgIpc) is 3.42. The molecule has 0 aromatic carbocycles. The van der Waals surface area contributed by atoms with Crippen molar-refractivity contribution in [3.63, 3.8) is 0 Å². The van der Waals surface area contributed by atoms with Crippen molar-refractivity contribution in [2.45, 2.75) is 26.2 Å². The Morgan fingerprint density at radius 2 is 2.00 bits per heavy atom. The van der Waals surface area contributed by atoms with Crippen LogP contribution in [0.5, 0.6) is 0 Å². The predicted octanol–water partition coefficient (Wildman–Crippen LogP) is 0.563. The van der Waals surface area contributed by atoms with Crippen LogP contribution < -0.4 is 10.8 Å². The van der Waals surface area contributed by atoms with E-state index in [0.29, 0.717) is 11.4 Å². The summed E-state index contributed by atoms with van der Waals surface area (Å²) in [4.78, 5) is 37.8. The number of amides is 2. The zero-order chi connectivity index (χ0) is 20.8. The minimum atomic E-state index is -0.159. The van der Waals surface area contributed by atoms with Crippen molar-refractivity contribution < 1.29 is 9.59 Å². The molecule has 2 aromatic rings. The fourth-order valence-corrected chi connectivity index (χ4v) is 4.75. The number of nitrogens with zero attached hydrogens (tertiary/aromatic N) is 3. The molecule has 8 heteroatoms. The molecule has 0 bridgehead atoms. The van der Waals surface area contributed by atoms with E-state index in [9.17, 15) is 9.59 Å². The van der Waals surface area contributed by atoms with Crippen LogP contribution in [0.4, 0.5) is 5.82 Å². The van der Waals surface area contributed by atoms with E-state index in [1.165, 1.54) is 12.8 Å². The summed E-state index contributed by atoms with van der Waals surface area (Å²) >= 11 is 0. The molecule has 154 valence electrons. The number of carbonyl (C=O) groups excluding carboxylic acids is 2. The van der Waals surface area contributed by atoms with Gasteiger partial charge in [-0.15, -0.1) is 0 Å². The standard InChI is InChI=1S/C22H26BN5O2/c1-13-18(11-16-15-10-14(23)12-24-20(15)26-21(16)29)25-17-4-7-28(22(30)19(13)17)9-8-27-5-2-3-6-27/h10-12,25H,2-9,23H2,1H3,(H,24,26,29)/b16-11-. The Hall–Kier alpha value is -2.87. The van der Waals surface area contributed by atoms with Crippen molar-refractivity contribution in [3.05, 3.63) is 40.3 Å². The van der Waals surface area contributed by atoms with Crippen LogP contribution in [0.3, 0.4) is 0 Å². The van der Waals surface area contributed by atoms with Crippen LogP contribution in [-0.2, 0) is 11.2 Å². The minimum absolute atomic E-state index is 0.0997. The van der Waals surface area contributed by atoms with E-state index in [1.807, 2.05) is 31.8 Å². The van der Waals surface area contributed by atoms with E-state index in [1.54, 1.807) is 6.20 Å². The molecule has 0 spiro atoms. The molecule has 0 aliphatic carbocycles. The maximum atomic E-state index is 13.2. The van der Waals surface area contributed by atoms with Crippen LogP contribution >= 0.6 is 0 Å². The summed E-state index contributed by atoms with van der Waals surface area (Å²) in [6.07, 6.45) is 6.94. The van der Waals surface area contributed by atoms with Gasteiger partial charge in [0.15, 0.2) is 0 Å². The SMILES string of the molecule is Bc1cnc2c(c1)/C(=C/c1[nH]c3c(c1C)C(=O)N(CCN1CCCC1)CC3)C(=O)N2. The number of anilines is 1. The molecule has 0 radical (unpaired) electrons. The van der Waals surface area contributed by atoms with Gasteiger partial charge in [-0.1, -0.05) is 11.5 Å². The van der Waals surface area contributed by atoms with Crippen molar-refractivity contribution in [1.29, 1.82) is 0 Å². The van der Waals surface area contributed by atoms with Gasteiger partial charge in [-0.05, 0) is 44.5 Å². The second kappa shape index (κ2) is 7.43. The van der Waals surface area contributed by atoms with Crippen LogP contribution in [0, 0.1) is 6.92 Å². The normalized spacial score (nSPS) is 20.0. The molecule has 3 aliphatic heterocycles. The number of aromatic nitrogens is 2. The van der Waals surface area contributed by atoms with Crippen molar-refractivity contribution in [3.8, 4) is 0 Å². The van der Waals surface area contributed by atoms with E-state index in [-0.39, 0.29) is 11.8 Å². The van der Waals surface area contributed by atoms with Gasteiger partial charge < -0.3 is 20.1 Å². The molecular weight excluding hydrogens is 377 g/mol. The number of likely N-dealkylation sites (tertiary alicyclic amines) is 1. The highest BCUT2D eigenvalue weighted by Gasteiger charge is 2.31. The van der Waals surface area contributed by atoms with Gasteiger partial charge in [0, 0.05) is 49.2 Å². The first-order valence-electron chi connectivity index (χ1n) is 10.7. The first-order chi connectivity index (χ1) is 14.5. The number of aromatic amines is 1. The number of H-pyrrole nitrogens is 1. The van der Waals surface area contributed by atoms with Crippen molar-refractivity contribution in [1.82, 2.24) is 19.8 Å². The zero-order valence-electron chi connectivity index (χ0n) is 17.5. The third-order valence-electron chi connectivity index (χ3n) is 6.46. The highest BCUT2D eigenvalue weighted by Crippen LogP contribution is 2.33. The minimum Gasteiger partial charge on any atom is -0.358 e. The maximum Gasteiger partial charge on any atom is 0.257 e. The molecule has 3 aliphatic rings. The highest BCUT2D eigenvalue weighted by atomic mass is 16.2. The summed E-state index contributed by atoms with van der Waals surface area (Å²) in [6.45, 7) is 6.72. The van der Waals surface area contributed by atoms with E-state index in [4.69, 9.17) is 0 Å². The van der Waals surface area contributed by atoms with E-state index >= 15 is 0 Å². The molecule has 5 rings (SSSR count). The molecule has 2 amide bonds. The van der Waals surface area contributed by atoms with Gasteiger partial charge in [-0.2, -0.15) is 0 Å². The van der Waals surface area contributed by atoms with Gasteiger partial charge in [-0.25, -0.2) is 4.98 Å². The number of fused-ring (bicyclic) bond motifs is 2. The van der Waals surface area contributed by atoms with E-state index in [2.05, 4.69) is 20.2 Å². The lowest BCUT2D eigenvalue weighted by Crippen LogP contribution is -2.42.